The summed E-state index contributed by atoms with van der Waals surface area (Å²) in [5.74, 6) is -1.02. The Balaban J connectivity index is 3.28. The van der Waals surface area contributed by atoms with Crippen molar-refractivity contribution in [2.24, 2.45) is 0 Å². The molecule has 0 atom stereocenters. The summed E-state index contributed by atoms with van der Waals surface area (Å²) in [4.78, 5) is 11.1. The van der Waals surface area contributed by atoms with Crippen molar-refractivity contribution in [2.75, 3.05) is 12.8 Å². The number of nitrogens with two attached hydrogens (primary N) is 1. The van der Waals surface area contributed by atoms with Crippen molar-refractivity contribution >= 4 is 34.2 Å². The number of halogens is 2. The second-order valence-corrected chi connectivity index (χ2v) is 3.51. The summed E-state index contributed by atoms with van der Waals surface area (Å²) in [6.07, 6.45) is 0. The third kappa shape index (κ3) is 2.09. The Morgan fingerprint density at radius 1 is 1.62 bits per heavy atom. The number of rotatable bonds is 1. The Morgan fingerprint density at radius 2 is 2.23 bits per heavy atom. The molecule has 0 heterocycles. The minimum atomic E-state index is -0.554. The fraction of sp³-hybridized carbons (Fsp3) is 0.125. The summed E-state index contributed by atoms with van der Waals surface area (Å²) in [7, 11) is 1.25. The van der Waals surface area contributed by atoms with Gasteiger partial charge in [0.15, 0.2) is 0 Å². The molecule has 5 heteroatoms. The first-order valence-corrected chi connectivity index (χ1v) is 4.47. The van der Waals surface area contributed by atoms with E-state index in [-0.39, 0.29) is 11.3 Å². The second-order valence-electron chi connectivity index (χ2n) is 2.34. The van der Waals surface area contributed by atoms with Gasteiger partial charge in [0.2, 0.25) is 0 Å². The number of hydrogen-bond donors (Lipinski definition) is 1. The van der Waals surface area contributed by atoms with E-state index in [1.54, 1.807) is 0 Å². The van der Waals surface area contributed by atoms with Crippen LogP contribution >= 0.6 is 22.6 Å². The first kappa shape index (κ1) is 10.2. The van der Waals surface area contributed by atoms with Crippen molar-refractivity contribution in [3.63, 3.8) is 0 Å². The second kappa shape index (κ2) is 3.91. The molecule has 0 saturated heterocycles. The van der Waals surface area contributed by atoms with Crippen LogP contribution in [-0.4, -0.2) is 13.1 Å². The smallest absolute Gasteiger partial charge is 0.341 e. The van der Waals surface area contributed by atoms with Crippen LogP contribution in [0.2, 0.25) is 0 Å². The van der Waals surface area contributed by atoms with E-state index in [0.717, 1.165) is 6.07 Å². The van der Waals surface area contributed by atoms with E-state index in [1.807, 2.05) is 22.6 Å². The van der Waals surface area contributed by atoms with Gasteiger partial charge in [-0.1, -0.05) is 0 Å². The van der Waals surface area contributed by atoms with E-state index < -0.39 is 11.8 Å². The van der Waals surface area contributed by atoms with Crippen LogP contribution in [0.5, 0.6) is 0 Å². The van der Waals surface area contributed by atoms with Crippen molar-refractivity contribution in [3.05, 3.63) is 27.1 Å². The molecule has 2 N–H and O–H groups in total. The summed E-state index contributed by atoms with van der Waals surface area (Å²) >= 11 is 1.83. The van der Waals surface area contributed by atoms with Gasteiger partial charge in [-0.05, 0) is 34.7 Å². The molecule has 0 radical (unpaired) electrons. The summed E-state index contributed by atoms with van der Waals surface area (Å²) < 4.78 is 17.7. The van der Waals surface area contributed by atoms with Crippen LogP contribution in [0.4, 0.5) is 10.1 Å². The quantitative estimate of drug-likeness (QED) is 0.488. The maximum atomic E-state index is 12.7. The van der Waals surface area contributed by atoms with Crippen LogP contribution in [-0.2, 0) is 4.74 Å². The molecule has 70 valence electrons. The van der Waals surface area contributed by atoms with E-state index in [9.17, 15) is 9.18 Å². The number of esters is 1. The normalized spacial score (nSPS) is 9.77. The number of benzene rings is 1. The highest BCUT2D eigenvalue weighted by Crippen LogP contribution is 2.21. The predicted octanol–water partition coefficient (Wildman–Crippen LogP) is 1.80. The van der Waals surface area contributed by atoms with E-state index >= 15 is 0 Å². The van der Waals surface area contributed by atoms with Gasteiger partial charge in [0.25, 0.3) is 0 Å². The Hall–Kier alpha value is -0.850. The molecular formula is C8H7FINO2. The van der Waals surface area contributed by atoms with Crippen molar-refractivity contribution in [1.82, 2.24) is 0 Å². The van der Waals surface area contributed by atoms with Crippen LogP contribution in [0.1, 0.15) is 10.4 Å². The van der Waals surface area contributed by atoms with E-state index in [0.29, 0.717) is 3.57 Å². The number of ether oxygens (including phenoxy) is 1. The zero-order valence-corrected chi connectivity index (χ0v) is 8.96. The molecule has 0 fully saturated rings. The molecule has 0 aliphatic rings. The lowest BCUT2D eigenvalue weighted by atomic mass is 10.2. The highest BCUT2D eigenvalue weighted by atomic mass is 127. The van der Waals surface area contributed by atoms with Crippen molar-refractivity contribution in [1.29, 1.82) is 0 Å². The molecular weight excluding hydrogens is 288 g/mol. The fourth-order valence-corrected chi connectivity index (χ4v) is 1.74. The predicted molar refractivity (Wildman–Crippen MR) is 54.9 cm³/mol. The number of carbonyl (C=O) groups is 1. The van der Waals surface area contributed by atoms with Gasteiger partial charge < -0.3 is 10.5 Å². The standard InChI is InChI=1S/C8H7FINO2/c1-13-8(12)7-5(10)2-4(9)3-6(7)11/h2-3H,11H2,1H3. The highest BCUT2D eigenvalue weighted by Gasteiger charge is 2.15. The third-order valence-corrected chi connectivity index (χ3v) is 2.33. The van der Waals surface area contributed by atoms with Gasteiger partial charge >= 0.3 is 5.97 Å². The minimum absolute atomic E-state index is 0.0938. The Morgan fingerprint density at radius 3 is 2.69 bits per heavy atom. The fourth-order valence-electron chi connectivity index (χ4n) is 0.911. The van der Waals surface area contributed by atoms with Gasteiger partial charge in [-0.25, -0.2) is 9.18 Å². The van der Waals surface area contributed by atoms with Crippen LogP contribution < -0.4 is 5.73 Å². The molecule has 0 aliphatic carbocycles. The number of methoxy groups -OCH3 is 1. The molecule has 3 nitrogen and oxygen atoms in total. The zero-order valence-electron chi connectivity index (χ0n) is 6.80. The Kier molecular flexibility index (Phi) is 3.07. The topological polar surface area (TPSA) is 52.3 Å². The molecule has 0 spiro atoms. The van der Waals surface area contributed by atoms with Crippen molar-refractivity contribution < 1.29 is 13.9 Å². The molecule has 0 unspecified atom stereocenters. The maximum absolute atomic E-state index is 12.7. The molecule has 0 aliphatic heterocycles. The van der Waals surface area contributed by atoms with Crippen molar-refractivity contribution in [3.8, 4) is 0 Å². The zero-order chi connectivity index (χ0) is 10.0. The van der Waals surface area contributed by atoms with Gasteiger partial charge in [0.1, 0.15) is 5.82 Å². The summed E-state index contributed by atoms with van der Waals surface area (Å²) in [6, 6.07) is 2.32. The molecule has 0 aromatic heterocycles. The Labute approximate surface area is 88.2 Å². The first-order chi connectivity index (χ1) is 6.06. The van der Waals surface area contributed by atoms with Crippen LogP contribution in [0.15, 0.2) is 12.1 Å². The monoisotopic (exact) mass is 295 g/mol. The van der Waals surface area contributed by atoms with Crippen LogP contribution in [0, 0.1) is 9.39 Å². The molecule has 1 aromatic carbocycles. The molecule has 1 aromatic rings. The average Bonchev–Trinajstić information content (AvgIpc) is 2.02. The summed E-state index contributed by atoms with van der Waals surface area (Å²) in [5, 5.41) is 0. The Bertz CT molecular complexity index is 331. The SMILES string of the molecule is COC(=O)c1c(N)cc(F)cc1I. The number of hydrogen-bond acceptors (Lipinski definition) is 3. The first-order valence-electron chi connectivity index (χ1n) is 3.39. The molecule has 13 heavy (non-hydrogen) atoms. The largest absolute Gasteiger partial charge is 0.465 e. The van der Waals surface area contributed by atoms with Crippen molar-refractivity contribution in [2.45, 2.75) is 0 Å². The van der Waals surface area contributed by atoms with Crippen LogP contribution in [0.3, 0.4) is 0 Å². The molecule has 1 rings (SSSR count). The average molecular weight is 295 g/mol. The third-order valence-electron chi connectivity index (χ3n) is 1.48. The van der Waals surface area contributed by atoms with Gasteiger partial charge in [-0.15, -0.1) is 0 Å². The van der Waals surface area contributed by atoms with Gasteiger partial charge in [0, 0.05) is 3.57 Å². The lowest BCUT2D eigenvalue weighted by molar-refractivity contribution is 0.0600. The van der Waals surface area contributed by atoms with E-state index in [2.05, 4.69) is 4.74 Å². The molecule has 0 saturated carbocycles. The van der Waals surface area contributed by atoms with E-state index in [1.165, 1.54) is 13.2 Å². The summed E-state index contributed by atoms with van der Waals surface area (Å²) in [6.45, 7) is 0. The van der Waals surface area contributed by atoms with Crippen LogP contribution in [0.25, 0.3) is 0 Å². The number of carbonyl (C=O) groups excluding carboxylic acids is 1. The van der Waals surface area contributed by atoms with Gasteiger partial charge in [-0.2, -0.15) is 0 Å². The lowest BCUT2D eigenvalue weighted by Crippen LogP contribution is -2.08. The highest BCUT2D eigenvalue weighted by molar-refractivity contribution is 14.1. The van der Waals surface area contributed by atoms with E-state index in [4.69, 9.17) is 5.73 Å². The molecule has 0 bridgehead atoms. The van der Waals surface area contributed by atoms with Gasteiger partial charge in [-0.3, -0.25) is 0 Å². The number of anilines is 1. The maximum Gasteiger partial charge on any atom is 0.341 e. The summed E-state index contributed by atoms with van der Waals surface area (Å²) in [5.41, 5.74) is 5.76. The number of nitrogen functional groups attached to an aromatic ring is 1. The molecule has 0 amide bonds. The van der Waals surface area contributed by atoms with Gasteiger partial charge in [0.05, 0.1) is 18.4 Å². The lowest BCUT2D eigenvalue weighted by Gasteiger charge is -2.05. The minimum Gasteiger partial charge on any atom is -0.465 e.